The van der Waals surface area contributed by atoms with E-state index in [0.717, 1.165) is 31.6 Å². The summed E-state index contributed by atoms with van der Waals surface area (Å²) in [4.78, 5) is 13.3. The van der Waals surface area contributed by atoms with Crippen LogP contribution in [0.15, 0.2) is 0 Å². The van der Waals surface area contributed by atoms with Crippen LogP contribution in [0.3, 0.4) is 0 Å². The van der Waals surface area contributed by atoms with E-state index in [0.29, 0.717) is 13.1 Å². The monoisotopic (exact) mass is 242 g/mol. The highest BCUT2D eigenvalue weighted by Gasteiger charge is 2.32. The Morgan fingerprint density at radius 3 is 2.47 bits per heavy atom. The first-order valence-corrected chi connectivity index (χ1v) is 6.59. The first-order chi connectivity index (χ1) is 7.95. The predicted octanol–water partition coefficient (Wildman–Crippen LogP) is 0.995. The molecule has 0 aliphatic heterocycles. The van der Waals surface area contributed by atoms with E-state index in [1.807, 2.05) is 19.0 Å². The van der Waals surface area contributed by atoms with E-state index in [9.17, 15) is 9.90 Å². The van der Waals surface area contributed by atoms with Gasteiger partial charge in [0.1, 0.15) is 0 Å². The van der Waals surface area contributed by atoms with Crippen molar-refractivity contribution in [3.05, 3.63) is 0 Å². The molecule has 17 heavy (non-hydrogen) atoms. The summed E-state index contributed by atoms with van der Waals surface area (Å²) in [5.41, 5.74) is -0.673. The molecule has 0 aromatic carbocycles. The summed E-state index contributed by atoms with van der Waals surface area (Å²) < 4.78 is 0. The predicted molar refractivity (Wildman–Crippen MR) is 68.8 cm³/mol. The van der Waals surface area contributed by atoms with Gasteiger partial charge in [0.25, 0.3) is 0 Å². The van der Waals surface area contributed by atoms with Crippen LogP contribution in [0.4, 0.5) is 0 Å². The maximum Gasteiger partial charge on any atom is 0.234 e. The van der Waals surface area contributed by atoms with Crippen molar-refractivity contribution in [3.8, 4) is 0 Å². The van der Waals surface area contributed by atoms with Crippen molar-refractivity contribution in [3.63, 3.8) is 0 Å². The van der Waals surface area contributed by atoms with Crippen LogP contribution in [0.25, 0.3) is 0 Å². The van der Waals surface area contributed by atoms with Crippen LogP contribution in [0.2, 0.25) is 0 Å². The molecule has 0 spiro atoms. The van der Waals surface area contributed by atoms with Gasteiger partial charge in [-0.15, -0.1) is 0 Å². The molecule has 4 nitrogen and oxygen atoms in total. The maximum atomic E-state index is 11.5. The van der Waals surface area contributed by atoms with Crippen LogP contribution in [-0.4, -0.2) is 48.7 Å². The highest BCUT2D eigenvalue weighted by atomic mass is 16.3. The minimum atomic E-state index is -0.673. The van der Waals surface area contributed by atoms with Crippen LogP contribution in [0.5, 0.6) is 0 Å². The lowest BCUT2D eigenvalue weighted by Gasteiger charge is -2.35. The second-order valence-corrected chi connectivity index (χ2v) is 5.59. The zero-order chi connectivity index (χ0) is 12.9. The van der Waals surface area contributed by atoms with E-state index < -0.39 is 5.60 Å². The van der Waals surface area contributed by atoms with Crippen molar-refractivity contribution >= 4 is 5.91 Å². The minimum Gasteiger partial charge on any atom is -0.388 e. The van der Waals surface area contributed by atoms with E-state index in [4.69, 9.17) is 0 Å². The minimum absolute atomic E-state index is 0.0129. The number of hydrogen-bond acceptors (Lipinski definition) is 3. The largest absolute Gasteiger partial charge is 0.388 e. The average molecular weight is 242 g/mol. The summed E-state index contributed by atoms with van der Waals surface area (Å²) >= 11 is 0. The third kappa shape index (κ3) is 5.04. The number of rotatable bonds is 5. The van der Waals surface area contributed by atoms with Crippen LogP contribution in [-0.2, 0) is 4.79 Å². The lowest BCUT2D eigenvalue weighted by atomic mass is 9.78. The second kappa shape index (κ2) is 6.36. The fourth-order valence-corrected chi connectivity index (χ4v) is 2.41. The van der Waals surface area contributed by atoms with Crippen molar-refractivity contribution in [1.82, 2.24) is 10.2 Å². The van der Waals surface area contributed by atoms with Crippen molar-refractivity contribution in [2.45, 2.75) is 44.6 Å². The number of amides is 1. The normalized spacial score (nSPS) is 29.4. The fourth-order valence-electron chi connectivity index (χ4n) is 2.41. The molecule has 100 valence electrons. The lowest BCUT2D eigenvalue weighted by Crippen LogP contribution is -2.47. The highest BCUT2D eigenvalue weighted by Crippen LogP contribution is 2.33. The molecule has 4 heteroatoms. The van der Waals surface area contributed by atoms with Crippen LogP contribution >= 0.6 is 0 Å². The third-order valence-electron chi connectivity index (χ3n) is 3.69. The number of carbonyl (C=O) groups excluding carboxylic acids is 1. The molecule has 0 unspecified atom stereocenters. The van der Waals surface area contributed by atoms with Gasteiger partial charge >= 0.3 is 0 Å². The molecule has 1 fully saturated rings. The van der Waals surface area contributed by atoms with Crippen molar-refractivity contribution in [2.24, 2.45) is 5.92 Å². The average Bonchev–Trinajstić information content (AvgIpc) is 2.27. The molecule has 0 saturated heterocycles. The number of hydrogen-bond donors (Lipinski definition) is 2. The summed E-state index contributed by atoms with van der Waals surface area (Å²) in [6, 6.07) is 0. The van der Waals surface area contributed by atoms with Gasteiger partial charge in [-0.25, -0.2) is 0 Å². The van der Waals surface area contributed by atoms with Crippen molar-refractivity contribution < 1.29 is 9.90 Å². The molecule has 1 aliphatic rings. The Morgan fingerprint density at radius 2 is 2.00 bits per heavy atom. The Labute approximate surface area is 104 Å². The van der Waals surface area contributed by atoms with Gasteiger partial charge in [0.15, 0.2) is 0 Å². The molecule has 0 bridgehead atoms. The molecular weight excluding hydrogens is 216 g/mol. The van der Waals surface area contributed by atoms with E-state index in [1.165, 1.54) is 6.42 Å². The van der Waals surface area contributed by atoms with Crippen LogP contribution in [0.1, 0.15) is 39.0 Å². The molecule has 0 radical (unpaired) electrons. The summed E-state index contributed by atoms with van der Waals surface area (Å²) in [7, 11) is 3.72. The molecule has 1 amide bonds. The molecular formula is C13H26N2O2. The van der Waals surface area contributed by atoms with E-state index >= 15 is 0 Å². The Bertz CT molecular complexity index is 246. The Hall–Kier alpha value is -0.610. The van der Waals surface area contributed by atoms with Gasteiger partial charge in [-0.05, 0) is 45.7 Å². The van der Waals surface area contributed by atoms with Gasteiger partial charge in [0.05, 0.1) is 12.1 Å². The molecule has 1 aliphatic carbocycles. The Balaban J connectivity index is 2.29. The first-order valence-electron chi connectivity index (χ1n) is 6.59. The number of likely N-dealkylation sites (N-methyl/N-ethyl adjacent to an activating group) is 1. The number of aliphatic hydroxyl groups is 1. The summed E-state index contributed by atoms with van der Waals surface area (Å²) in [5.74, 6) is 0.744. The lowest BCUT2D eigenvalue weighted by molar-refractivity contribution is -0.123. The van der Waals surface area contributed by atoms with Gasteiger partial charge < -0.3 is 15.3 Å². The van der Waals surface area contributed by atoms with Crippen molar-refractivity contribution in [1.29, 1.82) is 0 Å². The quantitative estimate of drug-likeness (QED) is 0.756. The van der Waals surface area contributed by atoms with E-state index in [1.54, 1.807) is 0 Å². The summed E-state index contributed by atoms with van der Waals surface area (Å²) in [6.45, 7) is 2.98. The summed E-state index contributed by atoms with van der Waals surface area (Å²) in [5, 5.41) is 13.2. The second-order valence-electron chi connectivity index (χ2n) is 5.59. The van der Waals surface area contributed by atoms with E-state index in [-0.39, 0.29) is 5.91 Å². The molecule has 0 aromatic rings. The van der Waals surface area contributed by atoms with E-state index in [2.05, 4.69) is 12.2 Å². The van der Waals surface area contributed by atoms with Gasteiger partial charge in [-0.3, -0.25) is 4.79 Å². The van der Waals surface area contributed by atoms with Gasteiger partial charge in [0.2, 0.25) is 5.91 Å². The zero-order valence-corrected chi connectivity index (χ0v) is 11.3. The molecule has 0 atom stereocenters. The fraction of sp³-hybridized carbons (Fsp3) is 0.923. The summed E-state index contributed by atoms with van der Waals surface area (Å²) in [6.07, 6.45) is 4.98. The van der Waals surface area contributed by atoms with Gasteiger partial charge in [-0.2, -0.15) is 0 Å². The zero-order valence-electron chi connectivity index (χ0n) is 11.3. The van der Waals surface area contributed by atoms with Gasteiger partial charge in [-0.1, -0.05) is 13.3 Å². The highest BCUT2D eigenvalue weighted by molar-refractivity contribution is 5.78. The standard InChI is InChI=1S/C13H26N2O2/c1-4-11-5-7-13(17,8-6-11)10-14-12(16)9-15(2)3/h11,17H,4-10H2,1-3H3,(H,14,16). The smallest absolute Gasteiger partial charge is 0.234 e. The molecule has 2 N–H and O–H groups in total. The third-order valence-corrected chi connectivity index (χ3v) is 3.69. The Kier molecular flexibility index (Phi) is 5.40. The molecule has 0 heterocycles. The number of nitrogens with one attached hydrogen (secondary N) is 1. The Morgan fingerprint density at radius 1 is 1.41 bits per heavy atom. The topological polar surface area (TPSA) is 52.6 Å². The van der Waals surface area contributed by atoms with Crippen molar-refractivity contribution in [2.75, 3.05) is 27.2 Å². The van der Waals surface area contributed by atoms with Crippen LogP contribution < -0.4 is 5.32 Å². The molecule has 1 rings (SSSR count). The first kappa shape index (κ1) is 14.5. The number of carbonyl (C=O) groups is 1. The maximum absolute atomic E-state index is 11.5. The van der Waals surface area contributed by atoms with Crippen LogP contribution in [0, 0.1) is 5.92 Å². The molecule has 0 aromatic heterocycles. The SMILES string of the molecule is CCC1CCC(O)(CNC(=O)CN(C)C)CC1. The molecule has 1 saturated carbocycles. The van der Waals surface area contributed by atoms with Gasteiger partial charge in [0, 0.05) is 6.54 Å². The number of nitrogens with zero attached hydrogens (tertiary/aromatic N) is 1.